The molecule has 0 aromatic heterocycles. The molecule has 0 saturated carbocycles. The van der Waals surface area contributed by atoms with E-state index in [2.05, 4.69) is 29.2 Å². The third-order valence-electron chi connectivity index (χ3n) is 6.58. The fraction of sp³-hybridized carbons (Fsp3) is 0.630. The Kier molecular flexibility index (Phi) is 10.4. The van der Waals surface area contributed by atoms with E-state index in [4.69, 9.17) is 16.3 Å². The summed E-state index contributed by atoms with van der Waals surface area (Å²) >= 11 is 6.05. The zero-order valence-electron chi connectivity index (χ0n) is 22.9. The van der Waals surface area contributed by atoms with Gasteiger partial charge in [0.25, 0.3) is 0 Å². The predicted molar refractivity (Wildman–Crippen MR) is 141 cm³/mol. The monoisotopic (exact) mass is 537 g/mol. The number of nitrogens with zero attached hydrogens (tertiary/aromatic N) is 1. The van der Waals surface area contributed by atoms with Gasteiger partial charge in [-0.3, -0.25) is 14.4 Å². The quantitative estimate of drug-likeness (QED) is 0.360. The zero-order chi connectivity index (χ0) is 28.0. The van der Waals surface area contributed by atoms with Crippen LogP contribution in [-0.4, -0.2) is 60.7 Å². The zero-order valence-corrected chi connectivity index (χ0v) is 23.6. The van der Waals surface area contributed by atoms with Crippen molar-refractivity contribution in [3.8, 4) is 0 Å². The van der Waals surface area contributed by atoms with E-state index in [1.807, 2.05) is 43.0 Å². The van der Waals surface area contributed by atoms with Crippen molar-refractivity contribution >= 4 is 35.5 Å². The van der Waals surface area contributed by atoms with Crippen LogP contribution in [0.1, 0.15) is 72.3 Å². The fourth-order valence-corrected chi connectivity index (χ4v) is 4.81. The molecule has 2 atom stereocenters. The second-order valence-electron chi connectivity index (χ2n) is 11.0. The summed E-state index contributed by atoms with van der Waals surface area (Å²) in [6, 6.07) is 6.47. The average Bonchev–Trinajstić information content (AvgIpc) is 2.79. The van der Waals surface area contributed by atoms with Crippen LogP contribution in [0.5, 0.6) is 0 Å². The van der Waals surface area contributed by atoms with Crippen molar-refractivity contribution in [3.05, 3.63) is 34.9 Å². The summed E-state index contributed by atoms with van der Waals surface area (Å²) < 4.78 is 9.80. The number of methoxy groups -OCH3 is 1. The maximum absolute atomic E-state index is 13.5. The van der Waals surface area contributed by atoms with Gasteiger partial charge >= 0.3 is 18.0 Å². The van der Waals surface area contributed by atoms with Crippen LogP contribution in [0.25, 0.3) is 0 Å². The van der Waals surface area contributed by atoms with Crippen molar-refractivity contribution in [2.24, 2.45) is 11.3 Å². The normalized spacial score (nSPS) is 18.1. The second-order valence-corrected chi connectivity index (χ2v) is 11.5. The van der Waals surface area contributed by atoms with Crippen LogP contribution in [0, 0.1) is 11.3 Å². The lowest BCUT2D eigenvalue weighted by molar-refractivity contribution is -0.160. The van der Waals surface area contributed by atoms with Gasteiger partial charge in [0.15, 0.2) is 5.72 Å². The van der Waals surface area contributed by atoms with Crippen molar-refractivity contribution in [1.82, 2.24) is 15.5 Å². The van der Waals surface area contributed by atoms with Crippen molar-refractivity contribution in [2.45, 2.75) is 78.5 Å². The van der Waals surface area contributed by atoms with Gasteiger partial charge in [-0.15, -0.1) is 0 Å². The third kappa shape index (κ3) is 8.91. The third-order valence-corrected chi connectivity index (χ3v) is 6.83. The number of piperidine rings is 1. The molecule has 2 rings (SSSR count). The number of hydrogen-bond donors (Lipinski definition) is 2. The number of likely N-dealkylation sites (tertiary alicyclic amines) is 1. The number of urea groups is 1. The number of rotatable bonds is 9. The topological polar surface area (TPSA) is 114 Å². The number of hydrogen-bond acceptors (Lipinski definition) is 6. The number of carbonyl (C=O) groups is 4. The molecule has 0 spiro atoms. The summed E-state index contributed by atoms with van der Waals surface area (Å²) in [6.45, 7) is 12.2. The van der Waals surface area contributed by atoms with Gasteiger partial charge in [0, 0.05) is 18.1 Å². The Morgan fingerprint density at radius 3 is 2.24 bits per heavy atom. The Labute approximate surface area is 224 Å². The van der Waals surface area contributed by atoms with Gasteiger partial charge in [-0.2, -0.15) is 0 Å². The maximum atomic E-state index is 13.5. The molecule has 10 heteroatoms. The van der Waals surface area contributed by atoms with Gasteiger partial charge in [0.2, 0.25) is 5.91 Å². The lowest BCUT2D eigenvalue weighted by Crippen LogP contribution is -2.59. The highest BCUT2D eigenvalue weighted by atomic mass is 35.5. The molecule has 1 aliphatic heterocycles. The first kappa shape index (κ1) is 30.4. The molecule has 9 nitrogen and oxygen atoms in total. The summed E-state index contributed by atoms with van der Waals surface area (Å²) in [5, 5.41) is 6.04. The summed E-state index contributed by atoms with van der Waals surface area (Å²) in [5.74, 6) is -1.23. The predicted octanol–water partition coefficient (Wildman–Crippen LogP) is 4.24. The number of nitrogens with one attached hydrogen (secondary N) is 2. The molecule has 0 aliphatic carbocycles. The molecule has 0 bridgehead atoms. The van der Waals surface area contributed by atoms with Gasteiger partial charge < -0.3 is 25.0 Å². The number of amides is 3. The van der Waals surface area contributed by atoms with E-state index >= 15 is 0 Å². The maximum Gasteiger partial charge on any atom is 0.318 e. The molecule has 2 N–H and O–H groups in total. The number of benzene rings is 1. The van der Waals surface area contributed by atoms with Crippen LogP contribution in [0.2, 0.25) is 5.02 Å². The minimum atomic E-state index is -1.35. The van der Waals surface area contributed by atoms with E-state index in [0.29, 0.717) is 18.1 Å². The minimum absolute atomic E-state index is 0.118. The van der Waals surface area contributed by atoms with E-state index in [0.717, 1.165) is 6.42 Å². The van der Waals surface area contributed by atoms with Crippen LogP contribution < -0.4 is 10.6 Å². The highest BCUT2D eigenvalue weighted by Crippen LogP contribution is 2.42. The molecular formula is C27H40ClN3O6. The summed E-state index contributed by atoms with van der Waals surface area (Å²) in [4.78, 5) is 51.4. The second kappa shape index (κ2) is 12.6. The lowest BCUT2D eigenvalue weighted by Gasteiger charge is -2.45. The molecule has 206 valence electrons. The van der Waals surface area contributed by atoms with Crippen LogP contribution in [0.4, 0.5) is 4.79 Å². The molecule has 2 unspecified atom stereocenters. The van der Waals surface area contributed by atoms with Gasteiger partial charge in [-0.25, -0.2) is 4.79 Å². The first-order chi connectivity index (χ1) is 17.1. The highest BCUT2D eigenvalue weighted by Gasteiger charge is 2.41. The van der Waals surface area contributed by atoms with Crippen LogP contribution >= 0.6 is 11.6 Å². The van der Waals surface area contributed by atoms with Crippen molar-refractivity contribution < 1.29 is 28.7 Å². The Balaban J connectivity index is 2.00. The van der Waals surface area contributed by atoms with Gasteiger partial charge in [-0.1, -0.05) is 51.4 Å². The number of halogens is 1. The standard InChI is InChI=1S/C27H40ClN3O6/c1-17(2)23(29-25(35)30-27(5,6)37-22(33)13-12-21(32)36-7)24(34)31-15-14-20(26(3,4)16-31)18-8-10-19(28)11-9-18/h8-11,17,20,23H,12-16H2,1-7H3,(H2,29,30,35). The van der Waals surface area contributed by atoms with E-state index in [-0.39, 0.29) is 36.0 Å². The van der Waals surface area contributed by atoms with Gasteiger partial charge in [0.1, 0.15) is 6.04 Å². The van der Waals surface area contributed by atoms with Gasteiger partial charge in [-0.05, 0) is 55.2 Å². The van der Waals surface area contributed by atoms with Crippen LogP contribution in [-0.2, 0) is 23.9 Å². The Morgan fingerprint density at radius 1 is 1.11 bits per heavy atom. The molecule has 37 heavy (non-hydrogen) atoms. The first-order valence-electron chi connectivity index (χ1n) is 12.6. The number of ether oxygens (including phenoxy) is 2. The molecule has 1 fully saturated rings. The van der Waals surface area contributed by atoms with Crippen molar-refractivity contribution in [3.63, 3.8) is 0 Å². The number of carbonyl (C=O) groups excluding carboxylic acids is 4. The lowest BCUT2D eigenvalue weighted by atomic mass is 9.70. The smallest absolute Gasteiger partial charge is 0.318 e. The molecule has 1 saturated heterocycles. The van der Waals surface area contributed by atoms with E-state index in [1.54, 1.807) is 0 Å². The Hall–Kier alpha value is -2.81. The molecule has 1 aromatic carbocycles. The molecule has 0 radical (unpaired) electrons. The highest BCUT2D eigenvalue weighted by molar-refractivity contribution is 6.30. The molecule has 1 aromatic rings. The summed E-state index contributed by atoms with van der Waals surface area (Å²) in [5.41, 5.74) is -0.324. The van der Waals surface area contributed by atoms with Crippen molar-refractivity contribution in [1.29, 1.82) is 0 Å². The Bertz CT molecular complexity index is 977. The molecule has 3 amide bonds. The van der Waals surface area contributed by atoms with Crippen LogP contribution in [0.3, 0.4) is 0 Å². The summed E-state index contributed by atoms with van der Waals surface area (Å²) in [6.07, 6.45) is 0.507. The molecule has 1 heterocycles. The van der Waals surface area contributed by atoms with E-state index < -0.39 is 29.7 Å². The fourth-order valence-electron chi connectivity index (χ4n) is 4.69. The van der Waals surface area contributed by atoms with Crippen LogP contribution in [0.15, 0.2) is 24.3 Å². The van der Waals surface area contributed by atoms with E-state index in [1.165, 1.54) is 26.5 Å². The first-order valence-corrected chi connectivity index (χ1v) is 12.9. The average molecular weight is 538 g/mol. The SMILES string of the molecule is COC(=O)CCC(=O)OC(C)(C)NC(=O)NC(C(=O)N1CCC(c2ccc(Cl)cc2)C(C)(C)C1)C(C)C. The number of esters is 2. The largest absolute Gasteiger partial charge is 0.469 e. The summed E-state index contributed by atoms with van der Waals surface area (Å²) in [7, 11) is 1.23. The Morgan fingerprint density at radius 2 is 1.70 bits per heavy atom. The molecular weight excluding hydrogens is 498 g/mol. The van der Waals surface area contributed by atoms with E-state index in [9.17, 15) is 19.2 Å². The van der Waals surface area contributed by atoms with Gasteiger partial charge in [0.05, 0.1) is 20.0 Å². The van der Waals surface area contributed by atoms with Crippen molar-refractivity contribution in [2.75, 3.05) is 20.2 Å². The minimum Gasteiger partial charge on any atom is -0.469 e. The molecule has 1 aliphatic rings.